The first-order valence-electron chi connectivity index (χ1n) is 5.17. The van der Waals surface area contributed by atoms with Crippen LogP contribution in [0.2, 0.25) is 0 Å². The summed E-state index contributed by atoms with van der Waals surface area (Å²) in [6, 6.07) is 2.31. The number of halogens is 2. The Kier molecular flexibility index (Phi) is 4.47. The molecule has 0 saturated heterocycles. The Balaban J connectivity index is 2.24. The van der Waals surface area contributed by atoms with Gasteiger partial charge in [0.1, 0.15) is 5.76 Å². The van der Waals surface area contributed by atoms with Crippen LogP contribution in [0.4, 0.5) is 0 Å². The van der Waals surface area contributed by atoms with Crippen LogP contribution in [-0.2, 0) is 4.74 Å². The van der Waals surface area contributed by atoms with Gasteiger partial charge in [-0.25, -0.2) is 0 Å². The van der Waals surface area contributed by atoms with Gasteiger partial charge in [0.15, 0.2) is 0 Å². The lowest BCUT2D eigenvalue weighted by Gasteiger charge is -2.22. The Labute approximate surface area is 116 Å². The highest BCUT2D eigenvalue weighted by molar-refractivity contribution is 9.13. The lowest BCUT2D eigenvalue weighted by atomic mass is 10.1. The second-order valence-electron chi connectivity index (χ2n) is 3.59. The Morgan fingerprint density at radius 1 is 1.50 bits per heavy atom. The van der Waals surface area contributed by atoms with Gasteiger partial charge in [0.05, 0.1) is 16.4 Å². The second-order valence-corrected chi connectivity index (χ2v) is 6.85. The standard InChI is InChI=1S/C11H13Br2NOS/c1-14-10(8-4-2-3-5-15-8)9-6-7(12)11(13)16-9/h4,6,10,14H,2-3,5H2,1H3. The molecule has 16 heavy (non-hydrogen) atoms. The summed E-state index contributed by atoms with van der Waals surface area (Å²) in [6.45, 7) is 0.831. The fourth-order valence-electron chi connectivity index (χ4n) is 1.71. The normalized spacial score (nSPS) is 17.8. The first kappa shape index (κ1) is 12.6. The zero-order chi connectivity index (χ0) is 11.5. The molecule has 1 unspecified atom stereocenters. The number of allylic oxidation sites excluding steroid dienone is 1. The van der Waals surface area contributed by atoms with E-state index in [2.05, 4.69) is 49.3 Å². The van der Waals surface area contributed by atoms with Crippen molar-refractivity contribution in [1.29, 1.82) is 0 Å². The maximum atomic E-state index is 5.71. The quantitative estimate of drug-likeness (QED) is 0.864. The third-order valence-electron chi connectivity index (χ3n) is 2.48. The number of likely N-dealkylation sites (N-methyl/N-ethyl adjacent to an activating group) is 1. The molecule has 0 fully saturated rings. The number of nitrogens with one attached hydrogen (secondary N) is 1. The molecule has 0 saturated carbocycles. The van der Waals surface area contributed by atoms with E-state index in [0.717, 1.165) is 33.5 Å². The van der Waals surface area contributed by atoms with Crippen LogP contribution in [0.3, 0.4) is 0 Å². The van der Waals surface area contributed by atoms with E-state index in [9.17, 15) is 0 Å². The third-order valence-corrected chi connectivity index (χ3v) is 5.81. The molecule has 88 valence electrons. The molecule has 0 aromatic carbocycles. The van der Waals surface area contributed by atoms with Crippen molar-refractivity contribution in [2.75, 3.05) is 13.7 Å². The number of hydrogen-bond donors (Lipinski definition) is 1. The summed E-state index contributed by atoms with van der Waals surface area (Å²) in [5.41, 5.74) is 0. The van der Waals surface area contributed by atoms with Crippen LogP contribution >= 0.6 is 43.2 Å². The first-order valence-corrected chi connectivity index (χ1v) is 7.57. The van der Waals surface area contributed by atoms with Crippen molar-refractivity contribution in [3.8, 4) is 0 Å². The average Bonchev–Trinajstić information content (AvgIpc) is 2.61. The molecule has 2 nitrogen and oxygen atoms in total. The van der Waals surface area contributed by atoms with Gasteiger partial charge in [0.2, 0.25) is 0 Å². The molecule has 0 radical (unpaired) electrons. The molecule has 5 heteroatoms. The van der Waals surface area contributed by atoms with Crippen molar-refractivity contribution >= 4 is 43.2 Å². The molecule has 2 heterocycles. The van der Waals surface area contributed by atoms with E-state index in [1.165, 1.54) is 4.88 Å². The van der Waals surface area contributed by atoms with Gasteiger partial charge >= 0.3 is 0 Å². The summed E-state index contributed by atoms with van der Waals surface area (Å²) in [4.78, 5) is 1.26. The fourth-order valence-corrected chi connectivity index (χ4v) is 3.92. The molecule has 1 atom stereocenters. The van der Waals surface area contributed by atoms with Crippen LogP contribution in [-0.4, -0.2) is 13.7 Å². The van der Waals surface area contributed by atoms with Crippen molar-refractivity contribution in [3.63, 3.8) is 0 Å². The minimum atomic E-state index is 0.174. The zero-order valence-corrected chi connectivity index (χ0v) is 12.9. The van der Waals surface area contributed by atoms with E-state index in [-0.39, 0.29) is 6.04 Å². The summed E-state index contributed by atoms with van der Waals surface area (Å²) in [7, 11) is 1.96. The van der Waals surface area contributed by atoms with Crippen molar-refractivity contribution < 1.29 is 4.74 Å². The van der Waals surface area contributed by atoms with Crippen molar-refractivity contribution in [3.05, 3.63) is 31.0 Å². The van der Waals surface area contributed by atoms with Crippen LogP contribution in [0.25, 0.3) is 0 Å². The smallest absolute Gasteiger partial charge is 0.114 e. The predicted octanol–water partition coefficient (Wildman–Crippen LogP) is 4.23. The molecule has 0 aliphatic carbocycles. The van der Waals surface area contributed by atoms with Gasteiger partial charge in [-0.2, -0.15) is 0 Å². The largest absolute Gasteiger partial charge is 0.496 e. The number of thiophene rings is 1. The van der Waals surface area contributed by atoms with E-state index in [1.807, 2.05) is 7.05 Å². The summed E-state index contributed by atoms with van der Waals surface area (Å²) in [5, 5.41) is 3.30. The van der Waals surface area contributed by atoms with E-state index in [1.54, 1.807) is 11.3 Å². The summed E-state index contributed by atoms with van der Waals surface area (Å²) in [5.74, 6) is 1.05. The molecule has 1 aliphatic rings. The molecule has 1 N–H and O–H groups in total. The Hall–Kier alpha value is 0.160. The Morgan fingerprint density at radius 2 is 2.31 bits per heavy atom. The minimum absolute atomic E-state index is 0.174. The molecule has 0 amide bonds. The minimum Gasteiger partial charge on any atom is -0.496 e. The maximum absolute atomic E-state index is 5.71. The van der Waals surface area contributed by atoms with E-state index < -0.39 is 0 Å². The van der Waals surface area contributed by atoms with Gasteiger partial charge in [-0.1, -0.05) is 0 Å². The maximum Gasteiger partial charge on any atom is 0.114 e. The second kappa shape index (κ2) is 5.67. The van der Waals surface area contributed by atoms with Gasteiger partial charge in [0.25, 0.3) is 0 Å². The van der Waals surface area contributed by atoms with Gasteiger partial charge in [-0.15, -0.1) is 11.3 Å². The van der Waals surface area contributed by atoms with Crippen molar-refractivity contribution in [2.45, 2.75) is 18.9 Å². The molecule has 1 aliphatic heterocycles. The van der Waals surface area contributed by atoms with Gasteiger partial charge < -0.3 is 10.1 Å². The molecule has 1 aromatic rings. The average molecular weight is 367 g/mol. The topological polar surface area (TPSA) is 21.3 Å². The molecule has 0 spiro atoms. The Morgan fingerprint density at radius 3 is 2.81 bits per heavy atom. The van der Waals surface area contributed by atoms with Crippen LogP contribution in [0.1, 0.15) is 23.8 Å². The SMILES string of the molecule is CNC(C1=CCCCO1)c1cc(Br)c(Br)s1. The first-order chi connectivity index (χ1) is 7.72. The fraction of sp³-hybridized carbons (Fsp3) is 0.455. The molecule has 2 rings (SSSR count). The summed E-state index contributed by atoms with van der Waals surface area (Å²) < 4.78 is 7.93. The van der Waals surface area contributed by atoms with Gasteiger partial charge in [0, 0.05) is 9.35 Å². The molecular formula is C11H13Br2NOS. The highest BCUT2D eigenvalue weighted by atomic mass is 79.9. The lowest BCUT2D eigenvalue weighted by Crippen LogP contribution is -2.21. The highest BCUT2D eigenvalue weighted by Gasteiger charge is 2.21. The monoisotopic (exact) mass is 365 g/mol. The van der Waals surface area contributed by atoms with Crippen LogP contribution < -0.4 is 5.32 Å². The molecule has 0 bridgehead atoms. The Bertz CT molecular complexity index is 383. The van der Waals surface area contributed by atoms with E-state index >= 15 is 0 Å². The van der Waals surface area contributed by atoms with Crippen LogP contribution in [0, 0.1) is 0 Å². The van der Waals surface area contributed by atoms with Crippen LogP contribution in [0.15, 0.2) is 26.2 Å². The molecule has 1 aromatic heterocycles. The summed E-state index contributed by atoms with van der Waals surface area (Å²) >= 11 is 8.76. The van der Waals surface area contributed by atoms with Crippen molar-refractivity contribution in [1.82, 2.24) is 5.32 Å². The van der Waals surface area contributed by atoms with Gasteiger partial charge in [-0.05, 0) is 63.9 Å². The van der Waals surface area contributed by atoms with Crippen LogP contribution in [0.5, 0.6) is 0 Å². The highest BCUT2D eigenvalue weighted by Crippen LogP contribution is 2.38. The zero-order valence-electron chi connectivity index (χ0n) is 8.93. The summed E-state index contributed by atoms with van der Waals surface area (Å²) in [6.07, 6.45) is 4.42. The van der Waals surface area contributed by atoms with Crippen molar-refractivity contribution in [2.24, 2.45) is 0 Å². The number of hydrogen-bond acceptors (Lipinski definition) is 3. The lowest BCUT2D eigenvalue weighted by molar-refractivity contribution is 0.170. The van der Waals surface area contributed by atoms with E-state index in [4.69, 9.17) is 4.74 Å². The third kappa shape index (κ3) is 2.70. The number of ether oxygens (including phenoxy) is 1. The van der Waals surface area contributed by atoms with Gasteiger partial charge in [-0.3, -0.25) is 0 Å². The number of rotatable bonds is 3. The van der Waals surface area contributed by atoms with E-state index in [0.29, 0.717) is 0 Å². The molecular weight excluding hydrogens is 354 g/mol. The predicted molar refractivity (Wildman–Crippen MR) is 74.8 cm³/mol.